The molecule has 1 saturated carbocycles. The molecule has 2 nitrogen and oxygen atoms in total. The topological polar surface area (TPSA) is 46.2 Å². The largest absolute Gasteiger partial charge is 0.393 e. The normalized spacial score (nSPS) is 34.8. The molecule has 12 heavy (non-hydrogen) atoms. The SMILES string of the molecule is Cc1ccc(C2(N)CC(O)C2)s1. The van der Waals surface area contributed by atoms with Crippen LogP contribution in [0.1, 0.15) is 22.6 Å². The van der Waals surface area contributed by atoms with Gasteiger partial charge >= 0.3 is 0 Å². The summed E-state index contributed by atoms with van der Waals surface area (Å²) in [6, 6.07) is 4.16. The summed E-state index contributed by atoms with van der Waals surface area (Å²) in [5.74, 6) is 0. The van der Waals surface area contributed by atoms with Gasteiger partial charge in [0, 0.05) is 9.75 Å². The van der Waals surface area contributed by atoms with Crippen molar-refractivity contribution in [3.63, 3.8) is 0 Å². The van der Waals surface area contributed by atoms with Gasteiger partial charge in [0.2, 0.25) is 0 Å². The maximum Gasteiger partial charge on any atom is 0.0582 e. The third-order valence-corrected chi connectivity index (χ3v) is 3.65. The Morgan fingerprint density at radius 2 is 2.25 bits per heavy atom. The Labute approximate surface area is 76.0 Å². The number of thiophene rings is 1. The highest BCUT2D eigenvalue weighted by atomic mass is 32.1. The van der Waals surface area contributed by atoms with Gasteiger partial charge in [0.15, 0.2) is 0 Å². The quantitative estimate of drug-likeness (QED) is 0.690. The van der Waals surface area contributed by atoms with E-state index in [-0.39, 0.29) is 11.6 Å². The molecule has 3 N–H and O–H groups in total. The highest BCUT2D eigenvalue weighted by Gasteiger charge is 2.42. The van der Waals surface area contributed by atoms with Crippen LogP contribution in [0.5, 0.6) is 0 Å². The van der Waals surface area contributed by atoms with Crippen molar-refractivity contribution in [1.82, 2.24) is 0 Å². The molecular weight excluding hydrogens is 170 g/mol. The van der Waals surface area contributed by atoms with E-state index in [0.29, 0.717) is 12.8 Å². The van der Waals surface area contributed by atoms with E-state index < -0.39 is 0 Å². The first-order chi connectivity index (χ1) is 5.60. The molecule has 1 aliphatic rings. The summed E-state index contributed by atoms with van der Waals surface area (Å²) in [5, 5.41) is 9.18. The van der Waals surface area contributed by atoms with Crippen molar-refractivity contribution in [2.24, 2.45) is 5.73 Å². The van der Waals surface area contributed by atoms with Crippen LogP contribution in [0, 0.1) is 6.92 Å². The smallest absolute Gasteiger partial charge is 0.0582 e. The van der Waals surface area contributed by atoms with Crippen molar-refractivity contribution in [3.05, 3.63) is 21.9 Å². The summed E-state index contributed by atoms with van der Waals surface area (Å²) in [6.45, 7) is 2.08. The van der Waals surface area contributed by atoms with E-state index in [2.05, 4.69) is 19.1 Å². The van der Waals surface area contributed by atoms with Crippen LogP contribution in [-0.4, -0.2) is 11.2 Å². The minimum atomic E-state index is -0.224. The van der Waals surface area contributed by atoms with Crippen LogP contribution in [-0.2, 0) is 5.54 Å². The third kappa shape index (κ3) is 1.18. The highest BCUT2D eigenvalue weighted by molar-refractivity contribution is 7.12. The number of aliphatic hydroxyl groups excluding tert-OH is 1. The average molecular weight is 183 g/mol. The molecule has 1 heterocycles. The van der Waals surface area contributed by atoms with Crippen molar-refractivity contribution < 1.29 is 5.11 Å². The van der Waals surface area contributed by atoms with Crippen LogP contribution in [0.4, 0.5) is 0 Å². The number of aryl methyl sites for hydroxylation is 1. The van der Waals surface area contributed by atoms with Crippen molar-refractivity contribution in [2.45, 2.75) is 31.4 Å². The average Bonchev–Trinajstić information content (AvgIpc) is 2.33. The van der Waals surface area contributed by atoms with Crippen molar-refractivity contribution in [1.29, 1.82) is 0 Å². The number of hydrogen-bond acceptors (Lipinski definition) is 3. The van der Waals surface area contributed by atoms with E-state index in [9.17, 15) is 5.11 Å². The van der Waals surface area contributed by atoms with Gasteiger partial charge < -0.3 is 10.8 Å². The van der Waals surface area contributed by atoms with Gasteiger partial charge in [-0.1, -0.05) is 0 Å². The van der Waals surface area contributed by atoms with Crippen LogP contribution in [0.15, 0.2) is 12.1 Å². The Bertz CT molecular complexity index is 288. The first kappa shape index (κ1) is 8.23. The fraction of sp³-hybridized carbons (Fsp3) is 0.556. The molecule has 1 fully saturated rings. The van der Waals surface area contributed by atoms with Crippen LogP contribution >= 0.6 is 11.3 Å². The third-order valence-electron chi connectivity index (χ3n) is 2.43. The summed E-state index contributed by atoms with van der Waals surface area (Å²) >= 11 is 1.74. The lowest BCUT2D eigenvalue weighted by molar-refractivity contribution is 0.0227. The van der Waals surface area contributed by atoms with E-state index in [1.54, 1.807) is 11.3 Å². The molecule has 0 spiro atoms. The van der Waals surface area contributed by atoms with E-state index in [1.807, 2.05) is 0 Å². The number of hydrogen-bond donors (Lipinski definition) is 2. The first-order valence-corrected chi connectivity index (χ1v) is 4.96. The lowest BCUT2D eigenvalue weighted by Crippen LogP contribution is -2.51. The predicted molar refractivity (Wildman–Crippen MR) is 50.2 cm³/mol. The van der Waals surface area contributed by atoms with Gasteiger partial charge in [-0.25, -0.2) is 0 Å². The van der Waals surface area contributed by atoms with Crippen molar-refractivity contribution in [3.8, 4) is 0 Å². The minimum Gasteiger partial charge on any atom is -0.393 e. The first-order valence-electron chi connectivity index (χ1n) is 4.14. The van der Waals surface area contributed by atoms with Gasteiger partial charge in [-0.05, 0) is 31.9 Å². The molecule has 0 bridgehead atoms. The van der Waals surface area contributed by atoms with Crippen LogP contribution in [0.25, 0.3) is 0 Å². The number of rotatable bonds is 1. The molecule has 3 heteroatoms. The molecule has 0 atom stereocenters. The van der Waals surface area contributed by atoms with E-state index in [1.165, 1.54) is 9.75 Å². The summed E-state index contributed by atoms with van der Waals surface area (Å²) in [5.41, 5.74) is 5.85. The lowest BCUT2D eigenvalue weighted by Gasteiger charge is -2.41. The van der Waals surface area contributed by atoms with Gasteiger partial charge in [-0.2, -0.15) is 0 Å². The van der Waals surface area contributed by atoms with Crippen molar-refractivity contribution >= 4 is 11.3 Å². The zero-order valence-electron chi connectivity index (χ0n) is 7.08. The standard InChI is InChI=1S/C9H13NOS/c1-6-2-3-8(12-6)9(10)4-7(11)5-9/h2-3,7,11H,4-5,10H2,1H3. The maximum atomic E-state index is 9.18. The van der Waals surface area contributed by atoms with Gasteiger partial charge in [0.1, 0.15) is 0 Å². The van der Waals surface area contributed by atoms with Gasteiger partial charge in [0.05, 0.1) is 11.6 Å². The Hall–Kier alpha value is -0.380. The van der Waals surface area contributed by atoms with Gasteiger partial charge in [-0.15, -0.1) is 11.3 Å². The molecule has 66 valence electrons. The molecule has 0 radical (unpaired) electrons. The second-order valence-electron chi connectivity index (χ2n) is 3.63. The second-order valence-corrected chi connectivity index (χ2v) is 4.92. The Kier molecular flexibility index (Phi) is 1.75. The van der Waals surface area contributed by atoms with Gasteiger partial charge in [0.25, 0.3) is 0 Å². The second kappa shape index (κ2) is 2.55. The summed E-state index contributed by atoms with van der Waals surface area (Å²) < 4.78 is 0. The molecular formula is C9H13NOS. The van der Waals surface area contributed by atoms with E-state index in [0.717, 1.165) is 0 Å². The summed E-state index contributed by atoms with van der Waals surface area (Å²) in [4.78, 5) is 2.50. The summed E-state index contributed by atoms with van der Waals surface area (Å²) in [7, 11) is 0. The fourth-order valence-corrected chi connectivity index (χ4v) is 2.67. The minimum absolute atomic E-state index is 0.183. The molecule has 0 aliphatic heterocycles. The van der Waals surface area contributed by atoms with Crippen LogP contribution < -0.4 is 5.73 Å². The molecule has 0 unspecified atom stereocenters. The van der Waals surface area contributed by atoms with E-state index >= 15 is 0 Å². The number of aliphatic hydroxyl groups is 1. The molecule has 0 aromatic carbocycles. The van der Waals surface area contributed by atoms with Crippen molar-refractivity contribution in [2.75, 3.05) is 0 Å². The van der Waals surface area contributed by atoms with Crippen LogP contribution in [0.3, 0.4) is 0 Å². The molecule has 2 rings (SSSR count). The Morgan fingerprint density at radius 3 is 2.67 bits per heavy atom. The molecule has 0 saturated heterocycles. The van der Waals surface area contributed by atoms with Gasteiger partial charge in [-0.3, -0.25) is 0 Å². The number of nitrogens with two attached hydrogens (primary N) is 1. The Morgan fingerprint density at radius 1 is 1.58 bits per heavy atom. The summed E-state index contributed by atoms with van der Waals surface area (Å²) in [6.07, 6.45) is 1.25. The highest BCUT2D eigenvalue weighted by Crippen LogP contribution is 2.41. The maximum absolute atomic E-state index is 9.18. The van der Waals surface area contributed by atoms with Crippen LogP contribution in [0.2, 0.25) is 0 Å². The predicted octanol–water partition coefficient (Wildman–Crippen LogP) is 1.37. The zero-order chi connectivity index (χ0) is 8.77. The molecule has 1 aromatic rings. The molecule has 1 aromatic heterocycles. The fourth-order valence-electron chi connectivity index (χ4n) is 1.68. The lowest BCUT2D eigenvalue weighted by atomic mass is 9.74. The molecule has 0 amide bonds. The Balaban J connectivity index is 2.20. The van der Waals surface area contributed by atoms with E-state index in [4.69, 9.17) is 5.73 Å². The monoisotopic (exact) mass is 183 g/mol. The zero-order valence-corrected chi connectivity index (χ0v) is 7.90. The molecule has 1 aliphatic carbocycles.